The zero-order valence-electron chi connectivity index (χ0n) is 20.2. The average Bonchev–Trinajstić information content (AvgIpc) is 2.91. The van der Waals surface area contributed by atoms with E-state index in [4.69, 9.17) is 15.0 Å². The van der Waals surface area contributed by atoms with Crippen molar-refractivity contribution in [2.45, 2.75) is 34.1 Å². The Hall–Kier alpha value is -3.92. The van der Waals surface area contributed by atoms with Crippen LogP contribution in [0.3, 0.4) is 0 Å². The van der Waals surface area contributed by atoms with Crippen LogP contribution in [0.4, 0.5) is 4.39 Å². The van der Waals surface area contributed by atoms with Gasteiger partial charge in [0.15, 0.2) is 17.5 Å². The molecule has 0 aliphatic rings. The van der Waals surface area contributed by atoms with Crippen molar-refractivity contribution in [2.75, 3.05) is 0 Å². The maximum atomic E-state index is 14.3. The van der Waals surface area contributed by atoms with Gasteiger partial charge in [-0.3, -0.25) is 0 Å². The summed E-state index contributed by atoms with van der Waals surface area (Å²) < 4.78 is 14.3. The molecule has 0 aliphatic carbocycles. The number of hydrogen-bond donors (Lipinski definition) is 0. The summed E-state index contributed by atoms with van der Waals surface area (Å²) in [5.74, 6) is 1.37. The summed E-state index contributed by atoms with van der Waals surface area (Å²) in [6.45, 7) is 8.02. The first kappa shape index (κ1) is 24.7. The number of benzene rings is 3. The Morgan fingerprint density at radius 2 is 1.29 bits per heavy atom. The van der Waals surface area contributed by atoms with Gasteiger partial charge in [0.2, 0.25) is 0 Å². The van der Waals surface area contributed by atoms with Crippen molar-refractivity contribution in [3.63, 3.8) is 0 Å². The van der Waals surface area contributed by atoms with Crippen molar-refractivity contribution in [3.05, 3.63) is 108 Å². The Morgan fingerprint density at radius 1 is 0.765 bits per heavy atom. The van der Waals surface area contributed by atoms with Gasteiger partial charge in [0.05, 0.1) is 0 Å². The maximum absolute atomic E-state index is 14.3. The summed E-state index contributed by atoms with van der Waals surface area (Å²) >= 11 is 0. The fraction of sp³-hybridized carbons (Fsp3) is 0.167. The van der Waals surface area contributed by atoms with Crippen molar-refractivity contribution in [3.8, 4) is 34.2 Å². The molecule has 0 bridgehead atoms. The van der Waals surface area contributed by atoms with Crippen LogP contribution in [0, 0.1) is 5.82 Å². The molecule has 3 aromatic carbocycles. The molecule has 0 N–H and O–H groups in total. The molecule has 3 nitrogen and oxygen atoms in total. The molecule has 34 heavy (non-hydrogen) atoms. The van der Waals surface area contributed by atoms with Crippen molar-refractivity contribution in [1.82, 2.24) is 15.0 Å². The molecule has 0 unspecified atom stereocenters. The van der Waals surface area contributed by atoms with Crippen LogP contribution in [0.2, 0.25) is 0 Å². The van der Waals surface area contributed by atoms with E-state index in [-0.39, 0.29) is 5.82 Å². The molecule has 4 rings (SSSR count). The van der Waals surface area contributed by atoms with Gasteiger partial charge in [-0.2, -0.15) is 0 Å². The zero-order chi connectivity index (χ0) is 24.3. The van der Waals surface area contributed by atoms with Gasteiger partial charge in [0.25, 0.3) is 0 Å². The van der Waals surface area contributed by atoms with Gasteiger partial charge < -0.3 is 0 Å². The topological polar surface area (TPSA) is 38.7 Å². The van der Waals surface area contributed by atoms with E-state index in [1.807, 2.05) is 93.6 Å². The summed E-state index contributed by atoms with van der Waals surface area (Å²) in [6.07, 6.45) is 6.93. The lowest BCUT2D eigenvalue weighted by Gasteiger charge is -2.13. The van der Waals surface area contributed by atoms with Crippen LogP contribution in [-0.4, -0.2) is 15.0 Å². The standard InChI is InChI=1S/C28H24FN3.C2H6/c1-3-5-12-20(4-2)25-19-23(29)17-18-24(25)28-31-26(21-13-8-6-9-14-21)30-27(32-28)22-15-10-7-11-16-22;1-2/h4-19H,3H2,1-2H3;1-2H3/b12-5-,20-4+;. The number of halogens is 1. The van der Waals surface area contributed by atoms with Gasteiger partial charge in [-0.15, -0.1) is 0 Å². The predicted molar refractivity (Wildman–Crippen MR) is 141 cm³/mol. The van der Waals surface area contributed by atoms with E-state index in [1.54, 1.807) is 12.1 Å². The SMILES string of the molecule is C/C=C(\C=C/CC)c1cc(F)ccc1-c1nc(-c2ccccc2)nc(-c2ccccc2)n1.CC. The van der Waals surface area contributed by atoms with E-state index in [1.165, 1.54) is 6.07 Å². The highest BCUT2D eigenvalue weighted by molar-refractivity contribution is 5.84. The molecule has 0 spiro atoms. The van der Waals surface area contributed by atoms with Gasteiger partial charge in [-0.05, 0) is 42.7 Å². The lowest BCUT2D eigenvalue weighted by Crippen LogP contribution is -2.02. The summed E-state index contributed by atoms with van der Waals surface area (Å²) in [7, 11) is 0. The van der Waals surface area contributed by atoms with E-state index in [0.29, 0.717) is 17.5 Å². The number of allylic oxidation sites excluding steroid dienone is 4. The van der Waals surface area contributed by atoms with Gasteiger partial charge in [-0.1, -0.05) is 99.7 Å². The Morgan fingerprint density at radius 3 is 1.79 bits per heavy atom. The molecule has 0 atom stereocenters. The molecule has 1 heterocycles. The second-order valence-electron chi connectivity index (χ2n) is 7.28. The highest BCUT2D eigenvalue weighted by atomic mass is 19.1. The van der Waals surface area contributed by atoms with Crippen LogP contribution < -0.4 is 0 Å². The van der Waals surface area contributed by atoms with Crippen LogP contribution in [0.1, 0.15) is 39.7 Å². The molecular weight excluding hydrogens is 421 g/mol. The molecule has 0 fully saturated rings. The molecule has 0 radical (unpaired) electrons. The first-order valence-corrected chi connectivity index (χ1v) is 11.7. The molecular formula is C30H30FN3. The first-order chi connectivity index (χ1) is 16.7. The third-order valence-electron chi connectivity index (χ3n) is 5.08. The monoisotopic (exact) mass is 451 g/mol. The van der Waals surface area contributed by atoms with Crippen molar-refractivity contribution < 1.29 is 4.39 Å². The Balaban J connectivity index is 0.00000158. The van der Waals surface area contributed by atoms with E-state index in [2.05, 4.69) is 13.0 Å². The Bertz CT molecular complexity index is 1210. The predicted octanol–water partition coefficient (Wildman–Crippen LogP) is 8.41. The molecule has 0 amide bonds. The molecule has 0 saturated heterocycles. The zero-order valence-corrected chi connectivity index (χ0v) is 20.2. The lowest BCUT2D eigenvalue weighted by atomic mass is 9.97. The smallest absolute Gasteiger partial charge is 0.164 e. The maximum Gasteiger partial charge on any atom is 0.164 e. The minimum atomic E-state index is -0.298. The highest BCUT2D eigenvalue weighted by Gasteiger charge is 2.16. The van der Waals surface area contributed by atoms with Crippen molar-refractivity contribution in [2.24, 2.45) is 0 Å². The van der Waals surface area contributed by atoms with Crippen LogP contribution >= 0.6 is 0 Å². The third kappa shape index (κ3) is 5.90. The minimum absolute atomic E-state index is 0.298. The van der Waals surface area contributed by atoms with Crippen molar-refractivity contribution >= 4 is 5.57 Å². The van der Waals surface area contributed by atoms with Crippen LogP contribution in [0.15, 0.2) is 97.1 Å². The molecule has 172 valence electrons. The van der Waals surface area contributed by atoms with E-state index >= 15 is 0 Å². The Labute approximate surface area is 201 Å². The minimum Gasteiger partial charge on any atom is -0.208 e. The summed E-state index contributed by atoms with van der Waals surface area (Å²) in [5.41, 5.74) is 4.23. The molecule has 0 saturated carbocycles. The number of rotatable bonds is 6. The normalized spacial score (nSPS) is 11.3. The fourth-order valence-corrected chi connectivity index (χ4v) is 3.47. The lowest BCUT2D eigenvalue weighted by molar-refractivity contribution is 0.627. The second kappa shape index (κ2) is 12.4. The van der Waals surface area contributed by atoms with Gasteiger partial charge >= 0.3 is 0 Å². The summed E-state index contributed by atoms with van der Waals surface area (Å²) in [6, 6.07) is 24.4. The molecule has 4 heteroatoms. The second-order valence-corrected chi connectivity index (χ2v) is 7.28. The quantitative estimate of drug-likeness (QED) is 0.276. The highest BCUT2D eigenvalue weighted by Crippen LogP contribution is 2.31. The van der Waals surface area contributed by atoms with Gasteiger partial charge in [-0.25, -0.2) is 19.3 Å². The molecule has 4 aromatic rings. The number of hydrogen-bond acceptors (Lipinski definition) is 3. The van der Waals surface area contributed by atoms with Gasteiger partial charge in [0.1, 0.15) is 5.82 Å². The van der Waals surface area contributed by atoms with Crippen LogP contribution in [0.25, 0.3) is 39.7 Å². The average molecular weight is 452 g/mol. The number of aromatic nitrogens is 3. The van der Waals surface area contributed by atoms with Gasteiger partial charge in [0, 0.05) is 16.7 Å². The van der Waals surface area contributed by atoms with E-state index in [0.717, 1.165) is 34.2 Å². The number of nitrogens with zero attached hydrogens (tertiary/aromatic N) is 3. The fourth-order valence-electron chi connectivity index (χ4n) is 3.47. The third-order valence-corrected chi connectivity index (χ3v) is 5.08. The van der Waals surface area contributed by atoms with E-state index in [9.17, 15) is 4.39 Å². The Kier molecular flexibility index (Phi) is 8.98. The summed E-state index contributed by atoms with van der Waals surface area (Å²) in [4.78, 5) is 14.3. The summed E-state index contributed by atoms with van der Waals surface area (Å²) in [5, 5.41) is 0. The van der Waals surface area contributed by atoms with Crippen LogP contribution in [0.5, 0.6) is 0 Å². The van der Waals surface area contributed by atoms with Crippen molar-refractivity contribution in [1.29, 1.82) is 0 Å². The largest absolute Gasteiger partial charge is 0.208 e. The van der Waals surface area contributed by atoms with Crippen LogP contribution in [-0.2, 0) is 0 Å². The molecule has 1 aromatic heterocycles. The molecule has 0 aliphatic heterocycles. The first-order valence-electron chi connectivity index (χ1n) is 11.7. The van der Waals surface area contributed by atoms with E-state index < -0.39 is 0 Å².